The zero-order valence-corrected chi connectivity index (χ0v) is 12.1. The Bertz CT molecular complexity index is 530. The highest BCUT2D eigenvalue weighted by Gasteiger charge is 2.15. The molecule has 2 N–H and O–H groups in total. The standard InChI is InChI=1S/C10H15ClN4O3S/c1-7(2)15-9(16)3-4-14-19(17,18)8-5-12-10(11)13-6-8/h5-7,14H,3-4H2,1-2H3,(H,15,16). The van der Waals surface area contributed by atoms with Gasteiger partial charge in [-0.25, -0.2) is 23.1 Å². The average molecular weight is 307 g/mol. The Labute approximate surface area is 116 Å². The van der Waals surface area contributed by atoms with Crippen LogP contribution in [0.2, 0.25) is 5.28 Å². The van der Waals surface area contributed by atoms with Gasteiger partial charge in [-0.05, 0) is 25.4 Å². The van der Waals surface area contributed by atoms with Crippen molar-refractivity contribution in [2.24, 2.45) is 0 Å². The second-order valence-corrected chi connectivity index (χ2v) is 6.16. The van der Waals surface area contributed by atoms with Crippen molar-refractivity contribution in [3.63, 3.8) is 0 Å². The zero-order chi connectivity index (χ0) is 14.5. The summed E-state index contributed by atoms with van der Waals surface area (Å²) in [4.78, 5) is 18.4. The second kappa shape index (κ2) is 6.78. The number of carbonyl (C=O) groups is 1. The van der Waals surface area contributed by atoms with E-state index in [-0.39, 0.29) is 35.1 Å². The predicted molar refractivity (Wildman–Crippen MR) is 70.1 cm³/mol. The summed E-state index contributed by atoms with van der Waals surface area (Å²) < 4.78 is 25.8. The van der Waals surface area contributed by atoms with Gasteiger partial charge in [0.05, 0.1) is 12.4 Å². The minimum atomic E-state index is -3.71. The minimum absolute atomic E-state index is 0.00349. The Morgan fingerprint density at radius 3 is 2.47 bits per heavy atom. The molecule has 0 atom stereocenters. The number of rotatable bonds is 6. The lowest BCUT2D eigenvalue weighted by Gasteiger charge is -2.09. The fraction of sp³-hybridized carbons (Fsp3) is 0.500. The molecule has 0 aromatic carbocycles. The lowest BCUT2D eigenvalue weighted by atomic mass is 10.3. The van der Waals surface area contributed by atoms with Crippen LogP contribution < -0.4 is 10.0 Å². The number of amides is 1. The summed E-state index contributed by atoms with van der Waals surface area (Å²) in [7, 11) is -3.71. The Morgan fingerprint density at radius 2 is 1.95 bits per heavy atom. The van der Waals surface area contributed by atoms with Gasteiger partial charge in [-0.15, -0.1) is 0 Å². The number of nitrogens with zero attached hydrogens (tertiary/aromatic N) is 2. The average Bonchev–Trinajstić information content (AvgIpc) is 2.28. The van der Waals surface area contributed by atoms with E-state index in [1.165, 1.54) is 0 Å². The van der Waals surface area contributed by atoms with Crippen LogP contribution in [0.4, 0.5) is 0 Å². The number of aromatic nitrogens is 2. The first-order chi connectivity index (χ1) is 8.81. The van der Waals surface area contributed by atoms with E-state index >= 15 is 0 Å². The van der Waals surface area contributed by atoms with E-state index in [0.717, 1.165) is 12.4 Å². The van der Waals surface area contributed by atoms with Crippen molar-refractivity contribution in [2.75, 3.05) is 6.54 Å². The maximum absolute atomic E-state index is 11.8. The molecule has 0 radical (unpaired) electrons. The molecule has 0 aliphatic carbocycles. The van der Waals surface area contributed by atoms with Gasteiger partial charge in [-0.2, -0.15) is 0 Å². The van der Waals surface area contributed by atoms with Crippen LogP contribution in [0.3, 0.4) is 0 Å². The Hall–Kier alpha value is -1.25. The number of hydrogen-bond acceptors (Lipinski definition) is 5. The highest BCUT2D eigenvalue weighted by Crippen LogP contribution is 2.07. The van der Waals surface area contributed by atoms with E-state index in [2.05, 4.69) is 20.0 Å². The smallest absolute Gasteiger partial charge is 0.243 e. The molecule has 0 aliphatic heterocycles. The molecule has 0 saturated carbocycles. The van der Waals surface area contributed by atoms with Crippen LogP contribution in [0.15, 0.2) is 17.3 Å². The van der Waals surface area contributed by atoms with E-state index in [1.807, 2.05) is 13.8 Å². The van der Waals surface area contributed by atoms with Gasteiger partial charge in [0, 0.05) is 19.0 Å². The molecule has 1 aromatic rings. The summed E-state index contributed by atoms with van der Waals surface area (Å²) in [5.74, 6) is -0.218. The maximum atomic E-state index is 11.8. The van der Waals surface area contributed by atoms with Crippen molar-refractivity contribution in [1.29, 1.82) is 0 Å². The number of nitrogens with one attached hydrogen (secondary N) is 2. The summed E-state index contributed by atoms with van der Waals surface area (Å²) in [6.07, 6.45) is 2.27. The fourth-order valence-corrected chi connectivity index (χ4v) is 2.23. The van der Waals surface area contributed by atoms with Crippen molar-refractivity contribution >= 4 is 27.5 Å². The van der Waals surface area contributed by atoms with E-state index < -0.39 is 10.0 Å². The SMILES string of the molecule is CC(C)NC(=O)CCNS(=O)(=O)c1cnc(Cl)nc1. The molecule has 0 bridgehead atoms. The molecule has 0 spiro atoms. The Morgan fingerprint density at radius 1 is 1.37 bits per heavy atom. The monoisotopic (exact) mass is 306 g/mol. The quantitative estimate of drug-likeness (QED) is 0.737. The first-order valence-corrected chi connectivity index (χ1v) is 7.44. The van der Waals surface area contributed by atoms with Gasteiger partial charge in [0.1, 0.15) is 4.90 Å². The highest BCUT2D eigenvalue weighted by atomic mass is 35.5. The van der Waals surface area contributed by atoms with Crippen molar-refractivity contribution < 1.29 is 13.2 Å². The Kier molecular flexibility index (Phi) is 5.64. The van der Waals surface area contributed by atoms with Crippen LogP contribution in [-0.2, 0) is 14.8 Å². The van der Waals surface area contributed by atoms with E-state index in [0.29, 0.717) is 0 Å². The summed E-state index contributed by atoms with van der Waals surface area (Å²) in [6, 6.07) is 0.0220. The van der Waals surface area contributed by atoms with E-state index in [9.17, 15) is 13.2 Å². The molecule has 1 heterocycles. The molecular formula is C10H15ClN4O3S. The largest absolute Gasteiger partial charge is 0.354 e. The van der Waals surface area contributed by atoms with Crippen molar-refractivity contribution in [3.05, 3.63) is 17.7 Å². The van der Waals surface area contributed by atoms with E-state index in [1.54, 1.807) is 0 Å². The van der Waals surface area contributed by atoms with Gasteiger partial charge in [0.15, 0.2) is 0 Å². The van der Waals surface area contributed by atoms with E-state index in [4.69, 9.17) is 11.6 Å². The molecule has 9 heteroatoms. The maximum Gasteiger partial charge on any atom is 0.243 e. The number of sulfonamides is 1. The molecule has 0 unspecified atom stereocenters. The molecule has 1 amide bonds. The first kappa shape index (κ1) is 15.8. The van der Waals surface area contributed by atoms with Gasteiger partial charge >= 0.3 is 0 Å². The molecule has 1 rings (SSSR count). The molecule has 1 aromatic heterocycles. The predicted octanol–water partition coefficient (Wildman–Crippen LogP) is 0.323. The molecule has 19 heavy (non-hydrogen) atoms. The third kappa shape index (κ3) is 5.50. The molecular weight excluding hydrogens is 292 g/mol. The first-order valence-electron chi connectivity index (χ1n) is 5.58. The van der Waals surface area contributed by atoms with Crippen LogP contribution >= 0.6 is 11.6 Å². The molecule has 0 aliphatic rings. The topological polar surface area (TPSA) is 101 Å². The lowest BCUT2D eigenvalue weighted by molar-refractivity contribution is -0.121. The van der Waals surface area contributed by atoms with Gasteiger partial charge in [-0.3, -0.25) is 4.79 Å². The van der Waals surface area contributed by atoms with Crippen LogP contribution in [0.5, 0.6) is 0 Å². The molecule has 7 nitrogen and oxygen atoms in total. The van der Waals surface area contributed by atoms with Crippen LogP contribution in [-0.4, -0.2) is 36.9 Å². The third-order valence-electron chi connectivity index (χ3n) is 2.00. The van der Waals surface area contributed by atoms with Crippen LogP contribution in [0, 0.1) is 0 Å². The van der Waals surface area contributed by atoms with Gasteiger partial charge in [0.2, 0.25) is 21.2 Å². The molecule has 0 fully saturated rings. The summed E-state index contributed by atoms with van der Waals surface area (Å²) in [6.45, 7) is 3.66. The van der Waals surface area contributed by atoms with Crippen molar-refractivity contribution in [3.8, 4) is 0 Å². The number of hydrogen-bond donors (Lipinski definition) is 2. The van der Waals surface area contributed by atoms with Crippen LogP contribution in [0.1, 0.15) is 20.3 Å². The minimum Gasteiger partial charge on any atom is -0.354 e. The lowest BCUT2D eigenvalue weighted by Crippen LogP contribution is -2.34. The molecule has 0 saturated heterocycles. The van der Waals surface area contributed by atoms with Gasteiger partial charge < -0.3 is 5.32 Å². The van der Waals surface area contributed by atoms with Gasteiger partial charge in [0.25, 0.3) is 0 Å². The number of halogens is 1. The fourth-order valence-electron chi connectivity index (χ4n) is 1.22. The molecule has 106 valence electrons. The number of carbonyl (C=O) groups excluding carboxylic acids is 1. The summed E-state index contributed by atoms with van der Waals surface area (Å²) >= 11 is 5.47. The van der Waals surface area contributed by atoms with Gasteiger partial charge in [-0.1, -0.05) is 0 Å². The van der Waals surface area contributed by atoms with Crippen molar-refractivity contribution in [1.82, 2.24) is 20.0 Å². The summed E-state index contributed by atoms with van der Waals surface area (Å²) in [5, 5.41) is 2.63. The van der Waals surface area contributed by atoms with Crippen LogP contribution in [0.25, 0.3) is 0 Å². The summed E-state index contributed by atoms with van der Waals surface area (Å²) in [5.41, 5.74) is 0. The normalized spacial score (nSPS) is 11.6. The highest BCUT2D eigenvalue weighted by molar-refractivity contribution is 7.89. The van der Waals surface area contributed by atoms with Crippen molar-refractivity contribution in [2.45, 2.75) is 31.2 Å². The second-order valence-electron chi connectivity index (χ2n) is 4.06. The zero-order valence-electron chi connectivity index (χ0n) is 10.6. The third-order valence-corrected chi connectivity index (χ3v) is 3.61. The Balaban J connectivity index is 2.52.